The molecule has 0 aliphatic heterocycles. The number of aliphatic carboxylic acids is 1. The number of carbonyl (C=O) groups is 2. The summed E-state index contributed by atoms with van der Waals surface area (Å²) in [6, 6.07) is 9.06. The second-order valence-corrected chi connectivity index (χ2v) is 9.04. The Morgan fingerprint density at radius 3 is 2.48 bits per heavy atom. The Morgan fingerprint density at radius 2 is 1.90 bits per heavy atom. The first kappa shape index (κ1) is 23.0. The van der Waals surface area contributed by atoms with Gasteiger partial charge in [0.15, 0.2) is 0 Å². The molecule has 3 aromatic rings. The highest BCUT2D eigenvalue weighted by Gasteiger charge is 2.26. The summed E-state index contributed by atoms with van der Waals surface area (Å²) >= 11 is 1.71. The van der Waals surface area contributed by atoms with Crippen LogP contribution in [0.25, 0.3) is 11.0 Å². The fraction of sp³-hybridized carbons (Fsp3) is 0.458. The van der Waals surface area contributed by atoms with Crippen LogP contribution in [0.2, 0.25) is 0 Å². The molecule has 31 heavy (non-hydrogen) atoms. The average Bonchev–Trinajstić information content (AvgIpc) is 3.40. The Balaban J connectivity index is 1.98. The van der Waals surface area contributed by atoms with Crippen molar-refractivity contribution in [3.8, 4) is 0 Å². The van der Waals surface area contributed by atoms with Crippen LogP contribution in [0, 0.1) is 5.92 Å². The molecule has 1 amide bonds. The number of benzene rings is 1. The van der Waals surface area contributed by atoms with E-state index in [1.165, 1.54) is 4.88 Å². The number of amides is 1. The summed E-state index contributed by atoms with van der Waals surface area (Å²) in [5, 5.41) is 14.2. The van der Waals surface area contributed by atoms with Crippen molar-refractivity contribution < 1.29 is 14.7 Å². The zero-order valence-electron chi connectivity index (χ0n) is 18.6. The van der Waals surface area contributed by atoms with Crippen molar-refractivity contribution in [1.29, 1.82) is 0 Å². The molecule has 166 valence electrons. The van der Waals surface area contributed by atoms with Gasteiger partial charge in [-0.15, -0.1) is 11.3 Å². The topological polar surface area (TPSA) is 84.2 Å². The van der Waals surface area contributed by atoms with Gasteiger partial charge < -0.3 is 15.0 Å². The molecule has 0 aliphatic carbocycles. The minimum absolute atomic E-state index is 0.156. The Morgan fingerprint density at radius 1 is 1.16 bits per heavy atom. The van der Waals surface area contributed by atoms with Gasteiger partial charge in [-0.1, -0.05) is 40.2 Å². The van der Waals surface area contributed by atoms with Crippen LogP contribution in [-0.2, 0) is 11.2 Å². The molecule has 2 unspecified atom stereocenters. The number of carbonyl (C=O) groups excluding carboxylic acids is 1. The van der Waals surface area contributed by atoms with Crippen LogP contribution in [0.1, 0.15) is 74.1 Å². The lowest BCUT2D eigenvalue weighted by Gasteiger charge is -2.20. The molecular formula is C24H31N3O3S. The number of carboxylic acids is 1. The van der Waals surface area contributed by atoms with Crippen LogP contribution in [0.4, 0.5) is 0 Å². The lowest BCUT2D eigenvalue weighted by molar-refractivity contribution is -0.140. The maximum Gasteiger partial charge on any atom is 0.326 e. The van der Waals surface area contributed by atoms with Crippen molar-refractivity contribution in [3.05, 3.63) is 52.0 Å². The molecule has 0 radical (unpaired) electrons. The number of carboxylic acid groups (broad SMARTS) is 1. The molecule has 0 aliphatic rings. The van der Waals surface area contributed by atoms with E-state index in [0.29, 0.717) is 18.0 Å². The highest BCUT2D eigenvalue weighted by molar-refractivity contribution is 7.09. The summed E-state index contributed by atoms with van der Waals surface area (Å²) in [5.74, 6) is -0.560. The van der Waals surface area contributed by atoms with Crippen LogP contribution in [0.15, 0.2) is 35.7 Å². The summed E-state index contributed by atoms with van der Waals surface area (Å²) in [5.41, 5.74) is 2.20. The predicted octanol–water partition coefficient (Wildman–Crippen LogP) is 5.28. The number of imidazole rings is 1. The highest BCUT2D eigenvalue weighted by Crippen LogP contribution is 2.28. The molecule has 2 N–H and O–H groups in total. The molecule has 0 saturated carbocycles. The smallest absolute Gasteiger partial charge is 0.326 e. The number of aromatic nitrogens is 2. The van der Waals surface area contributed by atoms with E-state index in [2.05, 4.69) is 35.2 Å². The number of hydrogen-bond acceptors (Lipinski definition) is 4. The predicted molar refractivity (Wildman–Crippen MR) is 125 cm³/mol. The molecule has 0 fully saturated rings. The summed E-state index contributed by atoms with van der Waals surface area (Å²) in [6.45, 7) is 8.10. The first-order valence-electron chi connectivity index (χ1n) is 11.0. The number of thiophene rings is 1. The maximum absolute atomic E-state index is 12.8. The van der Waals surface area contributed by atoms with Crippen LogP contribution >= 0.6 is 11.3 Å². The molecule has 2 heterocycles. The molecule has 1 aromatic carbocycles. The van der Waals surface area contributed by atoms with Crippen molar-refractivity contribution >= 4 is 34.2 Å². The van der Waals surface area contributed by atoms with Crippen molar-refractivity contribution in [3.63, 3.8) is 0 Å². The molecule has 0 spiro atoms. The summed E-state index contributed by atoms with van der Waals surface area (Å²) in [4.78, 5) is 30.5. The third-order valence-electron chi connectivity index (χ3n) is 6.01. The second kappa shape index (κ2) is 10.1. The normalized spacial score (nSPS) is 13.5. The van der Waals surface area contributed by atoms with Crippen molar-refractivity contribution in [2.45, 2.75) is 65.5 Å². The fourth-order valence-corrected chi connectivity index (χ4v) is 4.65. The first-order valence-corrected chi connectivity index (χ1v) is 11.8. The van der Waals surface area contributed by atoms with Crippen molar-refractivity contribution in [2.24, 2.45) is 5.92 Å². The second-order valence-electron chi connectivity index (χ2n) is 8.00. The Labute approximate surface area is 187 Å². The lowest BCUT2D eigenvalue weighted by atomic mass is 9.99. The first-order chi connectivity index (χ1) is 14.9. The average molecular weight is 442 g/mol. The van der Waals surface area contributed by atoms with E-state index in [4.69, 9.17) is 4.98 Å². The van der Waals surface area contributed by atoms with Crippen LogP contribution in [0.3, 0.4) is 0 Å². The van der Waals surface area contributed by atoms with E-state index >= 15 is 0 Å². The Hall–Kier alpha value is -2.67. The van der Waals surface area contributed by atoms with Gasteiger partial charge in [0, 0.05) is 22.9 Å². The highest BCUT2D eigenvalue weighted by atomic mass is 32.1. The van der Waals surface area contributed by atoms with Gasteiger partial charge >= 0.3 is 5.97 Å². The summed E-state index contributed by atoms with van der Waals surface area (Å²) in [6.07, 6.45) is 3.41. The molecule has 2 aromatic heterocycles. The van der Waals surface area contributed by atoms with Crippen LogP contribution < -0.4 is 5.32 Å². The molecule has 3 rings (SSSR count). The van der Waals surface area contributed by atoms with Gasteiger partial charge in [-0.25, -0.2) is 9.78 Å². The molecular weight excluding hydrogens is 410 g/mol. The van der Waals surface area contributed by atoms with Gasteiger partial charge in [-0.3, -0.25) is 4.79 Å². The largest absolute Gasteiger partial charge is 0.480 e. The van der Waals surface area contributed by atoms with Gasteiger partial charge in [0.05, 0.1) is 11.0 Å². The third-order valence-corrected chi connectivity index (χ3v) is 6.89. The standard InChI is InChI=1S/C24H31N3O3S/c1-5-15(4)22(24(29)30)26-23(28)16-10-11-20-19(13-16)25-21(14-18-9-8-12-31-18)27(20)17(6-2)7-3/h8-13,15,17,22H,5-7,14H2,1-4H3,(H,26,28)(H,29,30). The van der Waals surface area contributed by atoms with E-state index in [9.17, 15) is 14.7 Å². The van der Waals surface area contributed by atoms with E-state index in [0.717, 1.165) is 36.1 Å². The Kier molecular flexibility index (Phi) is 7.49. The SMILES string of the molecule is CCC(C)C(NC(=O)c1ccc2c(c1)nc(Cc1cccs1)n2C(CC)CC)C(=O)O. The number of nitrogens with one attached hydrogen (secondary N) is 1. The maximum atomic E-state index is 12.8. The van der Waals surface area contributed by atoms with Crippen molar-refractivity contribution in [2.75, 3.05) is 0 Å². The van der Waals surface area contributed by atoms with E-state index in [1.807, 2.05) is 26.0 Å². The van der Waals surface area contributed by atoms with Gasteiger partial charge in [0.1, 0.15) is 11.9 Å². The summed E-state index contributed by atoms with van der Waals surface area (Å²) in [7, 11) is 0. The molecule has 6 nitrogen and oxygen atoms in total. The van der Waals surface area contributed by atoms with Gasteiger partial charge in [-0.05, 0) is 48.4 Å². The molecule has 0 bridgehead atoms. The fourth-order valence-electron chi connectivity index (χ4n) is 3.95. The van der Waals surface area contributed by atoms with E-state index in [1.54, 1.807) is 23.5 Å². The van der Waals surface area contributed by atoms with E-state index in [-0.39, 0.29) is 11.8 Å². The molecule has 7 heteroatoms. The van der Waals surface area contributed by atoms with Gasteiger partial charge in [-0.2, -0.15) is 0 Å². The quantitative estimate of drug-likeness (QED) is 0.448. The minimum atomic E-state index is -1.01. The minimum Gasteiger partial charge on any atom is -0.480 e. The monoisotopic (exact) mass is 441 g/mol. The molecule has 2 atom stereocenters. The number of hydrogen-bond donors (Lipinski definition) is 2. The zero-order valence-corrected chi connectivity index (χ0v) is 19.4. The Bertz CT molecular complexity index is 1040. The van der Waals surface area contributed by atoms with E-state index < -0.39 is 12.0 Å². The summed E-state index contributed by atoms with van der Waals surface area (Å²) < 4.78 is 2.30. The van der Waals surface area contributed by atoms with Crippen LogP contribution in [-0.4, -0.2) is 32.6 Å². The van der Waals surface area contributed by atoms with Crippen molar-refractivity contribution in [1.82, 2.24) is 14.9 Å². The van der Waals surface area contributed by atoms with Gasteiger partial charge in [0.2, 0.25) is 0 Å². The van der Waals surface area contributed by atoms with Crippen LogP contribution in [0.5, 0.6) is 0 Å². The van der Waals surface area contributed by atoms with Gasteiger partial charge in [0.25, 0.3) is 5.91 Å². The number of rotatable bonds is 10. The molecule has 0 saturated heterocycles. The zero-order chi connectivity index (χ0) is 22.5. The number of nitrogens with zero attached hydrogens (tertiary/aromatic N) is 2. The third kappa shape index (κ3) is 4.98. The lowest BCUT2D eigenvalue weighted by Crippen LogP contribution is -2.45. The number of fused-ring (bicyclic) bond motifs is 1.